The molecule has 20 heavy (non-hydrogen) atoms. The fraction of sp³-hybridized carbons (Fsp3) is 0.400. The Hall–Kier alpha value is -2.01. The Balaban J connectivity index is 2.03. The number of aliphatic hydroxyl groups excluding tert-OH is 1. The zero-order chi connectivity index (χ0) is 14.5. The average Bonchev–Trinajstić information content (AvgIpc) is 2.84. The molecular formula is C15H20N2O3. The van der Waals surface area contributed by atoms with Gasteiger partial charge in [-0.05, 0) is 24.6 Å². The maximum Gasteiger partial charge on any atom is 0.128 e. The number of aromatic nitrogens is 2. The molecule has 0 aliphatic rings. The molecule has 0 aliphatic carbocycles. The summed E-state index contributed by atoms with van der Waals surface area (Å²) in [5.41, 5.74) is 1.88. The Morgan fingerprint density at radius 2 is 2.20 bits per heavy atom. The van der Waals surface area contributed by atoms with E-state index in [4.69, 9.17) is 9.47 Å². The quantitative estimate of drug-likeness (QED) is 0.878. The molecule has 1 aromatic heterocycles. The molecule has 0 spiro atoms. The second-order valence-corrected chi connectivity index (χ2v) is 4.70. The van der Waals surface area contributed by atoms with E-state index in [1.54, 1.807) is 24.8 Å². The summed E-state index contributed by atoms with van der Waals surface area (Å²) >= 11 is 0. The number of hydrogen-bond acceptors (Lipinski definition) is 4. The van der Waals surface area contributed by atoms with Crippen LogP contribution in [0.2, 0.25) is 0 Å². The van der Waals surface area contributed by atoms with Crippen LogP contribution >= 0.6 is 0 Å². The van der Waals surface area contributed by atoms with Crippen molar-refractivity contribution in [2.45, 2.75) is 19.4 Å². The summed E-state index contributed by atoms with van der Waals surface area (Å²) in [5.74, 6) is 1.37. The molecule has 0 radical (unpaired) electrons. The Morgan fingerprint density at radius 1 is 1.40 bits per heavy atom. The summed E-state index contributed by atoms with van der Waals surface area (Å²) in [6.45, 7) is 2.24. The zero-order valence-corrected chi connectivity index (χ0v) is 12.0. The molecule has 0 bridgehead atoms. The number of aliphatic hydroxyl groups is 1. The fourth-order valence-corrected chi connectivity index (χ4v) is 1.99. The van der Waals surface area contributed by atoms with Crippen molar-refractivity contribution in [2.75, 3.05) is 13.7 Å². The molecule has 5 heteroatoms. The van der Waals surface area contributed by atoms with Gasteiger partial charge in [0.25, 0.3) is 0 Å². The first kappa shape index (κ1) is 14.4. The van der Waals surface area contributed by atoms with Crippen LogP contribution in [0, 0.1) is 0 Å². The van der Waals surface area contributed by atoms with Crippen LogP contribution in [0.25, 0.3) is 0 Å². The second kappa shape index (κ2) is 6.43. The van der Waals surface area contributed by atoms with Crippen molar-refractivity contribution < 1.29 is 14.6 Å². The molecule has 2 aromatic rings. The lowest BCUT2D eigenvalue weighted by atomic mass is 10.1. The Bertz CT molecular complexity index is 564. The van der Waals surface area contributed by atoms with Gasteiger partial charge in [-0.2, -0.15) is 5.10 Å². The Morgan fingerprint density at radius 3 is 2.80 bits per heavy atom. The molecule has 0 aliphatic heterocycles. The largest absolute Gasteiger partial charge is 0.497 e. The number of benzene rings is 1. The third-order valence-corrected chi connectivity index (χ3v) is 3.08. The minimum Gasteiger partial charge on any atom is -0.497 e. The van der Waals surface area contributed by atoms with E-state index in [0.29, 0.717) is 18.1 Å². The van der Waals surface area contributed by atoms with Gasteiger partial charge >= 0.3 is 0 Å². The van der Waals surface area contributed by atoms with Gasteiger partial charge in [0.1, 0.15) is 11.5 Å². The van der Waals surface area contributed by atoms with Crippen LogP contribution in [0.5, 0.6) is 11.5 Å². The molecule has 0 saturated heterocycles. The monoisotopic (exact) mass is 276 g/mol. The van der Waals surface area contributed by atoms with Gasteiger partial charge in [-0.3, -0.25) is 4.68 Å². The summed E-state index contributed by atoms with van der Waals surface area (Å²) in [7, 11) is 3.49. The van der Waals surface area contributed by atoms with E-state index in [1.165, 1.54) is 0 Å². The van der Waals surface area contributed by atoms with Crippen molar-refractivity contribution in [1.82, 2.24) is 9.78 Å². The van der Waals surface area contributed by atoms with E-state index < -0.39 is 6.10 Å². The number of ether oxygens (including phenoxy) is 2. The van der Waals surface area contributed by atoms with Crippen molar-refractivity contribution in [1.29, 1.82) is 0 Å². The Labute approximate surface area is 118 Å². The molecule has 0 unspecified atom stereocenters. The topological polar surface area (TPSA) is 56.5 Å². The molecule has 0 fully saturated rings. The third-order valence-electron chi connectivity index (χ3n) is 3.08. The van der Waals surface area contributed by atoms with Gasteiger partial charge in [-0.1, -0.05) is 0 Å². The highest BCUT2D eigenvalue weighted by Crippen LogP contribution is 2.29. The maximum atomic E-state index is 9.75. The molecule has 1 atom stereocenters. The van der Waals surface area contributed by atoms with Crippen molar-refractivity contribution >= 4 is 0 Å². The molecule has 1 heterocycles. The van der Waals surface area contributed by atoms with Crippen LogP contribution in [0.1, 0.15) is 24.2 Å². The lowest BCUT2D eigenvalue weighted by molar-refractivity contribution is 0.191. The molecule has 2 rings (SSSR count). The van der Waals surface area contributed by atoms with E-state index in [-0.39, 0.29) is 0 Å². The van der Waals surface area contributed by atoms with Crippen molar-refractivity contribution in [2.24, 2.45) is 7.05 Å². The van der Waals surface area contributed by atoms with Crippen LogP contribution in [0.4, 0.5) is 0 Å². The normalized spacial score (nSPS) is 12.2. The summed E-state index contributed by atoms with van der Waals surface area (Å²) in [4.78, 5) is 0. The highest BCUT2D eigenvalue weighted by atomic mass is 16.5. The molecule has 1 aromatic carbocycles. The van der Waals surface area contributed by atoms with Crippen molar-refractivity contribution in [3.8, 4) is 11.5 Å². The summed E-state index contributed by atoms with van der Waals surface area (Å²) in [6, 6.07) is 5.43. The highest BCUT2D eigenvalue weighted by Gasteiger charge is 2.10. The third kappa shape index (κ3) is 3.51. The SMILES string of the molecule is COc1ccc([C@H](C)O)c(OCCc2cnn(C)c2)c1. The first-order chi connectivity index (χ1) is 9.60. The van der Waals surface area contributed by atoms with Gasteiger partial charge in [0.05, 0.1) is 26.0 Å². The summed E-state index contributed by atoms with van der Waals surface area (Å²) in [6.07, 6.45) is 3.98. The van der Waals surface area contributed by atoms with Crippen LogP contribution in [0.15, 0.2) is 30.6 Å². The van der Waals surface area contributed by atoms with E-state index in [0.717, 1.165) is 17.5 Å². The fourth-order valence-electron chi connectivity index (χ4n) is 1.99. The molecule has 0 saturated carbocycles. The van der Waals surface area contributed by atoms with Crippen LogP contribution in [-0.4, -0.2) is 28.6 Å². The van der Waals surface area contributed by atoms with Crippen LogP contribution < -0.4 is 9.47 Å². The summed E-state index contributed by atoms with van der Waals surface area (Å²) < 4.78 is 12.7. The number of methoxy groups -OCH3 is 1. The lowest BCUT2D eigenvalue weighted by Crippen LogP contribution is -2.05. The van der Waals surface area contributed by atoms with Gasteiger partial charge in [-0.15, -0.1) is 0 Å². The number of hydrogen-bond donors (Lipinski definition) is 1. The molecule has 0 amide bonds. The second-order valence-electron chi connectivity index (χ2n) is 4.70. The lowest BCUT2D eigenvalue weighted by Gasteiger charge is -2.14. The van der Waals surface area contributed by atoms with Gasteiger partial charge < -0.3 is 14.6 Å². The number of rotatable bonds is 6. The van der Waals surface area contributed by atoms with E-state index in [2.05, 4.69) is 5.10 Å². The van der Waals surface area contributed by atoms with Gasteiger partial charge in [0.2, 0.25) is 0 Å². The van der Waals surface area contributed by atoms with Gasteiger partial charge in [0, 0.05) is 31.3 Å². The Kier molecular flexibility index (Phi) is 4.63. The maximum absolute atomic E-state index is 9.75. The smallest absolute Gasteiger partial charge is 0.128 e. The summed E-state index contributed by atoms with van der Waals surface area (Å²) in [5, 5.41) is 13.9. The number of aryl methyl sites for hydroxylation is 1. The van der Waals surface area contributed by atoms with Crippen LogP contribution in [0.3, 0.4) is 0 Å². The first-order valence-corrected chi connectivity index (χ1v) is 6.56. The standard InChI is InChI=1S/C15H20N2O3/c1-11(18)14-5-4-13(19-3)8-15(14)20-7-6-12-9-16-17(2)10-12/h4-5,8-11,18H,6-7H2,1-3H3/t11-/m0/s1. The predicted molar refractivity (Wildman–Crippen MR) is 76.0 cm³/mol. The molecule has 1 N–H and O–H groups in total. The minimum absolute atomic E-state index is 0.526. The molecule has 5 nitrogen and oxygen atoms in total. The number of nitrogens with zero attached hydrogens (tertiary/aromatic N) is 2. The highest BCUT2D eigenvalue weighted by molar-refractivity contribution is 5.41. The molecular weight excluding hydrogens is 256 g/mol. The van der Waals surface area contributed by atoms with E-state index >= 15 is 0 Å². The van der Waals surface area contributed by atoms with Crippen molar-refractivity contribution in [3.63, 3.8) is 0 Å². The van der Waals surface area contributed by atoms with Gasteiger partial charge in [0.15, 0.2) is 0 Å². The zero-order valence-electron chi connectivity index (χ0n) is 12.0. The average molecular weight is 276 g/mol. The van der Waals surface area contributed by atoms with Crippen molar-refractivity contribution in [3.05, 3.63) is 41.7 Å². The first-order valence-electron chi connectivity index (χ1n) is 6.56. The van der Waals surface area contributed by atoms with E-state index in [9.17, 15) is 5.11 Å². The predicted octanol–water partition coefficient (Wildman–Crippen LogP) is 2.10. The van der Waals surface area contributed by atoms with Gasteiger partial charge in [-0.25, -0.2) is 0 Å². The minimum atomic E-state index is -0.575. The molecule has 108 valence electrons. The van der Waals surface area contributed by atoms with Crippen LogP contribution in [-0.2, 0) is 13.5 Å². The van der Waals surface area contributed by atoms with E-state index in [1.807, 2.05) is 31.6 Å².